The van der Waals surface area contributed by atoms with Crippen molar-refractivity contribution in [3.8, 4) is 11.1 Å². The predicted molar refractivity (Wildman–Crippen MR) is 114 cm³/mol. The zero-order valence-electron chi connectivity index (χ0n) is 17.5. The number of nitrogens with one attached hydrogen (secondary N) is 2. The van der Waals surface area contributed by atoms with Crippen molar-refractivity contribution >= 4 is 18.0 Å². The van der Waals surface area contributed by atoms with Gasteiger partial charge in [0.2, 0.25) is 5.91 Å². The molecule has 2 atom stereocenters. The molecule has 0 radical (unpaired) electrons. The molecule has 0 saturated carbocycles. The highest BCUT2D eigenvalue weighted by molar-refractivity contribution is 5.89. The number of carboxylic acid groups (broad SMARTS) is 1. The number of alkyl carbamates (subject to hydrolysis) is 1. The molecule has 0 heterocycles. The van der Waals surface area contributed by atoms with Gasteiger partial charge in [0.05, 0.1) is 0 Å². The van der Waals surface area contributed by atoms with Crippen LogP contribution in [0, 0.1) is 0 Å². The van der Waals surface area contributed by atoms with Gasteiger partial charge < -0.3 is 25.2 Å². The number of hydrogen-bond acceptors (Lipinski definition) is 5. The molecule has 8 nitrogen and oxygen atoms in total. The summed E-state index contributed by atoms with van der Waals surface area (Å²) in [6, 6.07) is 13.9. The first-order valence-electron chi connectivity index (χ1n) is 10.1. The molecule has 1 unspecified atom stereocenters. The van der Waals surface area contributed by atoms with E-state index in [0.29, 0.717) is 0 Å². The van der Waals surface area contributed by atoms with E-state index in [1.54, 1.807) is 0 Å². The molecule has 164 valence electrons. The lowest BCUT2D eigenvalue weighted by Crippen LogP contribution is -2.51. The zero-order chi connectivity index (χ0) is 22.4. The average molecular weight is 426 g/mol. The van der Waals surface area contributed by atoms with Gasteiger partial charge in [-0.15, -0.1) is 0 Å². The molecular weight excluding hydrogens is 400 g/mol. The second-order valence-electron chi connectivity index (χ2n) is 7.37. The Morgan fingerprint density at radius 1 is 1.00 bits per heavy atom. The minimum absolute atomic E-state index is 0.101. The van der Waals surface area contributed by atoms with E-state index in [2.05, 4.69) is 10.6 Å². The molecule has 3 rings (SSSR count). The second-order valence-corrected chi connectivity index (χ2v) is 7.37. The maximum Gasteiger partial charge on any atom is 0.407 e. The Morgan fingerprint density at radius 3 is 2.13 bits per heavy atom. The molecule has 0 saturated heterocycles. The highest BCUT2D eigenvalue weighted by Gasteiger charge is 2.30. The monoisotopic (exact) mass is 426 g/mol. The third-order valence-corrected chi connectivity index (χ3v) is 5.29. The van der Waals surface area contributed by atoms with Crippen LogP contribution in [0.2, 0.25) is 0 Å². The van der Waals surface area contributed by atoms with Crippen LogP contribution in [0.4, 0.5) is 4.79 Å². The lowest BCUT2D eigenvalue weighted by Gasteiger charge is -2.20. The van der Waals surface area contributed by atoms with Gasteiger partial charge >= 0.3 is 12.1 Å². The minimum Gasteiger partial charge on any atom is -0.480 e. The number of rotatable bonds is 9. The summed E-state index contributed by atoms with van der Waals surface area (Å²) in [5, 5.41) is 13.9. The van der Waals surface area contributed by atoms with Gasteiger partial charge in [-0.2, -0.15) is 0 Å². The number of carbonyl (C=O) groups excluding carboxylic acids is 2. The first-order valence-corrected chi connectivity index (χ1v) is 10.1. The van der Waals surface area contributed by atoms with Gasteiger partial charge in [-0.25, -0.2) is 4.79 Å². The fourth-order valence-electron chi connectivity index (χ4n) is 3.66. The zero-order valence-corrected chi connectivity index (χ0v) is 17.5. The molecule has 1 aliphatic carbocycles. The van der Waals surface area contributed by atoms with Crippen LogP contribution in [0.15, 0.2) is 48.5 Å². The van der Waals surface area contributed by atoms with Crippen molar-refractivity contribution < 1.29 is 29.0 Å². The molecule has 2 aromatic carbocycles. The van der Waals surface area contributed by atoms with Crippen LogP contribution >= 0.6 is 0 Å². The van der Waals surface area contributed by atoms with E-state index >= 15 is 0 Å². The Balaban J connectivity index is 1.65. The van der Waals surface area contributed by atoms with Gasteiger partial charge in [0.15, 0.2) is 0 Å². The summed E-state index contributed by atoms with van der Waals surface area (Å²) in [6.07, 6.45) is -0.570. The fraction of sp³-hybridized carbons (Fsp3) is 0.348. The largest absolute Gasteiger partial charge is 0.480 e. The number of amides is 2. The van der Waals surface area contributed by atoms with Crippen molar-refractivity contribution in [3.05, 3.63) is 59.7 Å². The number of hydrogen-bond donors (Lipinski definition) is 3. The van der Waals surface area contributed by atoms with Crippen molar-refractivity contribution in [2.24, 2.45) is 0 Å². The summed E-state index contributed by atoms with van der Waals surface area (Å²) in [6.45, 7) is 1.67. The van der Waals surface area contributed by atoms with Gasteiger partial charge in [-0.3, -0.25) is 9.59 Å². The molecule has 3 N–H and O–H groups in total. The highest BCUT2D eigenvalue weighted by atomic mass is 16.5. The van der Waals surface area contributed by atoms with Crippen molar-refractivity contribution in [2.75, 3.05) is 20.3 Å². The van der Waals surface area contributed by atoms with Gasteiger partial charge in [0, 0.05) is 26.1 Å². The maximum absolute atomic E-state index is 12.5. The predicted octanol–water partition coefficient (Wildman–Crippen LogP) is 2.52. The number of ether oxygens (including phenoxy) is 2. The van der Waals surface area contributed by atoms with Crippen LogP contribution in [0.3, 0.4) is 0 Å². The molecule has 31 heavy (non-hydrogen) atoms. The summed E-state index contributed by atoms with van der Waals surface area (Å²) in [4.78, 5) is 35.8. The van der Waals surface area contributed by atoms with Crippen LogP contribution in [0.25, 0.3) is 11.1 Å². The van der Waals surface area contributed by atoms with E-state index in [0.717, 1.165) is 22.3 Å². The molecule has 2 aromatic rings. The third kappa shape index (κ3) is 5.21. The maximum atomic E-state index is 12.5. The average Bonchev–Trinajstić information content (AvgIpc) is 3.08. The number of fused-ring (bicyclic) bond motifs is 3. The lowest BCUT2D eigenvalue weighted by molar-refractivity contribution is -0.141. The molecule has 0 aliphatic heterocycles. The van der Waals surface area contributed by atoms with Crippen LogP contribution in [-0.4, -0.2) is 55.5 Å². The summed E-state index contributed by atoms with van der Waals surface area (Å²) in [5.74, 6) is -1.88. The normalized spacial score (nSPS) is 14.1. The highest BCUT2D eigenvalue weighted by Crippen LogP contribution is 2.44. The van der Waals surface area contributed by atoms with Crippen LogP contribution < -0.4 is 10.6 Å². The summed E-state index contributed by atoms with van der Waals surface area (Å²) in [7, 11) is 1.47. The first kappa shape index (κ1) is 22.3. The van der Waals surface area contributed by atoms with Gasteiger partial charge in [-0.1, -0.05) is 48.5 Å². The Hall–Kier alpha value is -3.39. The fourth-order valence-corrected chi connectivity index (χ4v) is 3.66. The molecule has 0 aromatic heterocycles. The molecular formula is C23H26N2O6. The van der Waals surface area contributed by atoms with E-state index in [1.165, 1.54) is 14.0 Å². The summed E-state index contributed by atoms with van der Waals surface area (Å²) in [5.41, 5.74) is 4.40. The number of aliphatic carboxylic acids is 1. The Bertz CT molecular complexity index is 915. The van der Waals surface area contributed by atoms with Gasteiger partial charge in [-0.05, 0) is 29.2 Å². The smallest absolute Gasteiger partial charge is 0.407 e. The standard InChI is InChI=1S/C23H26N2O6/c1-14(22(27)28)24-21(26)20(11-12-30-2)25-23(29)31-13-19-17-9-5-3-7-15(17)16-8-4-6-10-18(16)19/h3-10,14,19-20H,11-13H2,1-2H3,(H,24,26)(H,25,29)(H,27,28)/t14-,20?/m0/s1. The van der Waals surface area contributed by atoms with Crippen LogP contribution in [-0.2, 0) is 19.1 Å². The van der Waals surface area contributed by atoms with Crippen molar-refractivity contribution in [2.45, 2.75) is 31.3 Å². The van der Waals surface area contributed by atoms with E-state index < -0.39 is 30.1 Å². The molecule has 2 amide bonds. The molecule has 1 aliphatic rings. The Labute approximate surface area is 180 Å². The molecule has 0 spiro atoms. The quantitative estimate of drug-likeness (QED) is 0.568. The van der Waals surface area contributed by atoms with Crippen LogP contribution in [0.5, 0.6) is 0 Å². The van der Waals surface area contributed by atoms with Crippen molar-refractivity contribution in [3.63, 3.8) is 0 Å². The first-order chi connectivity index (χ1) is 14.9. The molecule has 0 bridgehead atoms. The van der Waals surface area contributed by atoms with Gasteiger partial charge in [0.1, 0.15) is 18.7 Å². The number of carboxylic acids is 1. The Morgan fingerprint density at radius 2 is 1.58 bits per heavy atom. The van der Waals surface area contributed by atoms with E-state index in [1.807, 2.05) is 48.5 Å². The Kier molecular flexibility index (Phi) is 7.25. The summed E-state index contributed by atoms with van der Waals surface area (Å²) < 4.78 is 10.5. The topological polar surface area (TPSA) is 114 Å². The summed E-state index contributed by atoms with van der Waals surface area (Å²) >= 11 is 0. The number of benzene rings is 2. The van der Waals surface area contributed by atoms with E-state index in [9.17, 15) is 14.4 Å². The molecule has 0 fully saturated rings. The van der Waals surface area contributed by atoms with Crippen LogP contribution in [0.1, 0.15) is 30.4 Å². The van der Waals surface area contributed by atoms with Crippen molar-refractivity contribution in [1.82, 2.24) is 10.6 Å². The van der Waals surface area contributed by atoms with E-state index in [4.69, 9.17) is 14.6 Å². The number of methoxy groups -OCH3 is 1. The number of carbonyl (C=O) groups is 3. The SMILES string of the molecule is COCCC(NC(=O)OCC1c2ccccc2-c2ccccc21)C(=O)N[C@@H](C)C(=O)O. The van der Waals surface area contributed by atoms with E-state index in [-0.39, 0.29) is 25.6 Å². The lowest BCUT2D eigenvalue weighted by atomic mass is 9.98. The molecule has 8 heteroatoms. The van der Waals surface area contributed by atoms with Crippen molar-refractivity contribution in [1.29, 1.82) is 0 Å². The van der Waals surface area contributed by atoms with Gasteiger partial charge in [0.25, 0.3) is 0 Å². The third-order valence-electron chi connectivity index (χ3n) is 5.29. The second kappa shape index (κ2) is 10.1. The minimum atomic E-state index is -1.17.